The zero-order chi connectivity index (χ0) is 23.8. The molecule has 0 saturated heterocycles. The van der Waals surface area contributed by atoms with Gasteiger partial charge in [0.15, 0.2) is 0 Å². The number of carbonyl (C=O) groups excluding carboxylic acids is 1. The molecular formula is C27H33N5O2. The molecule has 1 aliphatic carbocycles. The number of hydrogen-bond donors (Lipinski definition) is 1. The first-order chi connectivity index (χ1) is 16.5. The average molecular weight is 460 g/mol. The topological polar surface area (TPSA) is 72.3 Å². The van der Waals surface area contributed by atoms with Crippen LogP contribution in [-0.4, -0.2) is 40.4 Å². The Hall–Kier alpha value is -3.19. The zero-order valence-corrected chi connectivity index (χ0v) is 20.4. The minimum Gasteiger partial charge on any atom is -0.383 e. The summed E-state index contributed by atoms with van der Waals surface area (Å²) in [5.74, 6) is 1.77. The number of aryl methyl sites for hydroxylation is 1. The molecule has 5 rings (SSSR count). The van der Waals surface area contributed by atoms with Gasteiger partial charge in [0.2, 0.25) is 5.91 Å². The molecule has 1 aromatic carbocycles. The maximum absolute atomic E-state index is 12.9. The molecule has 0 bridgehead atoms. The maximum Gasteiger partial charge on any atom is 0.224 e. The van der Waals surface area contributed by atoms with Crippen LogP contribution in [-0.2, 0) is 16.1 Å². The van der Waals surface area contributed by atoms with Gasteiger partial charge in [-0.1, -0.05) is 19.1 Å². The van der Waals surface area contributed by atoms with Gasteiger partial charge in [-0.05, 0) is 61.1 Å². The molecule has 178 valence electrons. The van der Waals surface area contributed by atoms with Crippen molar-refractivity contribution in [2.24, 2.45) is 11.8 Å². The fourth-order valence-corrected chi connectivity index (χ4v) is 5.35. The predicted molar refractivity (Wildman–Crippen MR) is 134 cm³/mol. The Kier molecular flexibility index (Phi) is 6.13. The highest BCUT2D eigenvalue weighted by atomic mass is 16.5. The van der Waals surface area contributed by atoms with Gasteiger partial charge in [0.1, 0.15) is 5.82 Å². The van der Waals surface area contributed by atoms with Crippen molar-refractivity contribution in [2.45, 2.75) is 52.2 Å². The van der Waals surface area contributed by atoms with Gasteiger partial charge >= 0.3 is 0 Å². The Morgan fingerprint density at radius 3 is 2.74 bits per heavy atom. The SMILES string of the molecule is COCCn1cc(-c2ccc3c(c2)[C@H](Nc2cccc(C)n2)[C@@H](C)[C@H](C2CC2)N3C(C)=O)cn1. The third kappa shape index (κ3) is 4.32. The Morgan fingerprint density at radius 2 is 2.03 bits per heavy atom. The average Bonchev–Trinajstić information content (AvgIpc) is 3.55. The van der Waals surface area contributed by atoms with Gasteiger partial charge in [-0.25, -0.2) is 4.98 Å². The molecule has 1 saturated carbocycles. The van der Waals surface area contributed by atoms with E-state index in [0.29, 0.717) is 19.1 Å². The fraction of sp³-hybridized carbons (Fsp3) is 0.444. The highest BCUT2D eigenvalue weighted by Gasteiger charge is 2.47. The quantitative estimate of drug-likeness (QED) is 0.548. The summed E-state index contributed by atoms with van der Waals surface area (Å²) in [7, 11) is 1.70. The molecule has 1 amide bonds. The lowest BCUT2D eigenvalue weighted by molar-refractivity contribution is -0.117. The molecule has 34 heavy (non-hydrogen) atoms. The number of ether oxygens (including phenoxy) is 1. The van der Waals surface area contributed by atoms with Crippen molar-refractivity contribution in [3.05, 3.63) is 60.0 Å². The van der Waals surface area contributed by atoms with Crippen LogP contribution in [0, 0.1) is 18.8 Å². The van der Waals surface area contributed by atoms with Crippen LogP contribution < -0.4 is 10.2 Å². The molecule has 2 aliphatic rings. The number of amides is 1. The van der Waals surface area contributed by atoms with Crippen molar-refractivity contribution in [2.75, 3.05) is 23.9 Å². The summed E-state index contributed by atoms with van der Waals surface area (Å²) in [4.78, 5) is 19.6. The van der Waals surface area contributed by atoms with Gasteiger partial charge in [-0.2, -0.15) is 5.10 Å². The molecular weight excluding hydrogens is 426 g/mol. The summed E-state index contributed by atoms with van der Waals surface area (Å²) in [6, 6.07) is 12.7. The number of carbonyl (C=O) groups is 1. The Bertz CT molecular complexity index is 1190. The van der Waals surface area contributed by atoms with Gasteiger partial charge in [-0.3, -0.25) is 9.48 Å². The summed E-state index contributed by atoms with van der Waals surface area (Å²) in [6.07, 6.45) is 6.31. The number of benzene rings is 1. The van der Waals surface area contributed by atoms with Gasteiger partial charge in [-0.15, -0.1) is 0 Å². The second-order valence-electron chi connectivity index (χ2n) is 9.62. The number of anilines is 2. The summed E-state index contributed by atoms with van der Waals surface area (Å²) in [6.45, 7) is 7.30. The molecule has 3 heterocycles. The third-order valence-electron chi connectivity index (χ3n) is 7.11. The Morgan fingerprint density at radius 1 is 1.21 bits per heavy atom. The molecule has 0 unspecified atom stereocenters. The fourth-order valence-electron chi connectivity index (χ4n) is 5.35. The second kappa shape index (κ2) is 9.22. The zero-order valence-electron chi connectivity index (χ0n) is 20.4. The van der Waals surface area contributed by atoms with Crippen molar-refractivity contribution >= 4 is 17.4 Å². The van der Waals surface area contributed by atoms with Crippen LogP contribution in [0.15, 0.2) is 48.8 Å². The van der Waals surface area contributed by atoms with Gasteiger partial charge in [0.05, 0.1) is 25.4 Å². The van der Waals surface area contributed by atoms with E-state index in [4.69, 9.17) is 9.72 Å². The summed E-state index contributed by atoms with van der Waals surface area (Å²) >= 11 is 0. The van der Waals surface area contributed by atoms with E-state index in [1.54, 1.807) is 14.0 Å². The molecule has 0 radical (unpaired) electrons. The number of methoxy groups -OCH3 is 1. The second-order valence-corrected chi connectivity index (χ2v) is 9.62. The van der Waals surface area contributed by atoms with Gasteiger partial charge < -0.3 is 15.0 Å². The summed E-state index contributed by atoms with van der Waals surface area (Å²) < 4.78 is 7.08. The lowest BCUT2D eigenvalue weighted by Crippen LogP contribution is -2.51. The van der Waals surface area contributed by atoms with Crippen molar-refractivity contribution < 1.29 is 9.53 Å². The molecule has 0 spiro atoms. The van der Waals surface area contributed by atoms with Crippen LogP contribution in [0.25, 0.3) is 11.1 Å². The van der Waals surface area contributed by atoms with Gasteiger partial charge in [0, 0.05) is 49.1 Å². The molecule has 1 fully saturated rings. The summed E-state index contributed by atoms with van der Waals surface area (Å²) in [5, 5.41) is 8.21. The van der Waals surface area contributed by atoms with Crippen LogP contribution in [0.2, 0.25) is 0 Å². The summed E-state index contributed by atoms with van der Waals surface area (Å²) in [5.41, 5.74) is 5.26. The largest absolute Gasteiger partial charge is 0.383 e. The number of nitrogens with zero attached hydrogens (tertiary/aromatic N) is 4. The minimum absolute atomic E-state index is 0.0500. The smallest absolute Gasteiger partial charge is 0.224 e. The van der Waals surface area contributed by atoms with Crippen LogP contribution in [0.3, 0.4) is 0 Å². The van der Waals surface area contributed by atoms with E-state index < -0.39 is 0 Å². The molecule has 3 aromatic rings. The number of hydrogen-bond acceptors (Lipinski definition) is 5. The number of fused-ring (bicyclic) bond motifs is 1. The lowest BCUT2D eigenvalue weighted by atomic mass is 9.79. The van der Waals surface area contributed by atoms with E-state index in [0.717, 1.165) is 33.9 Å². The Balaban J connectivity index is 1.57. The number of pyridine rings is 1. The standard InChI is InChI=1S/C27H33N5O2/c1-17-6-5-7-25(29-17)30-26-18(2)27(20-8-9-20)32(19(3)33)24-11-10-21(14-23(24)26)22-15-28-31(16-22)12-13-34-4/h5-7,10-11,14-16,18,20,26-27H,8-9,12-13H2,1-4H3,(H,29,30)/t18-,26-,27-/m1/s1. The first-order valence-electron chi connectivity index (χ1n) is 12.1. The first kappa shape index (κ1) is 22.6. The number of nitrogens with one attached hydrogen (secondary N) is 1. The van der Waals surface area contributed by atoms with E-state index in [1.165, 1.54) is 12.8 Å². The molecule has 1 N–H and O–H groups in total. The minimum atomic E-state index is 0.0500. The number of aromatic nitrogens is 3. The predicted octanol–water partition coefficient (Wildman–Crippen LogP) is 4.83. The van der Waals surface area contributed by atoms with Crippen LogP contribution in [0.5, 0.6) is 0 Å². The van der Waals surface area contributed by atoms with Crippen LogP contribution in [0.4, 0.5) is 11.5 Å². The van der Waals surface area contributed by atoms with Gasteiger partial charge in [0.25, 0.3) is 0 Å². The van der Waals surface area contributed by atoms with E-state index in [2.05, 4.69) is 35.5 Å². The van der Waals surface area contributed by atoms with Crippen LogP contribution in [0.1, 0.15) is 44.0 Å². The van der Waals surface area contributed by atoms with E-state index in [-0.39, 0.29) is 23.9 Å². The normalized spacial score (nSPS) is 21.9. The third-order valence-corrected chi connectivity index (χ3v) is 7.11. The van der Waals surface area contributed by atoms with Crippen molar-refractivity contribution in [1.29, 1.82) is 0 Å². The Labute approximate surface area is 201 Å². The molecule has 3 atom stereocenters. The monoisotopic (exact) mass is 459 g/mol. The van der Waals surface area contributed by atoms with E-state index in [1.807, 2.05) is 47.1 Å². The highest BCUT2D eigenvalue weighted by molar-refractivity contribution is 5.94. The van der Waals surface area contributed by atoms with E-state index in [9.17, 15) is 4.79 Å². The van der Waals surface area contributed by atoms with Crippen molar-refractivity contribution in [3.63, 3.8) is 0 Å². The van der Waals surface area contributed by atoms with Crippen molar-refractivity contribution in [3.8, 4) is 11.1 Å². The molecule has 7 nitrogen and oxygen atoms in total. The number of rotatable bonds is 7. The lowest BCUT2D eigenvalue weighted by Gasteiger charge is -2.46. The van der Waals surface area contributed by atoms with Crippen molar-refractivity contribution in [1.82, 2.24) is 14.8 Å². The first-order valence-corrected chi connectivity index (χ1v) is 12.1. The maximum atomic E-state index is 12.9. The molecule has 7 heteroatoms. The van der Waals surface area contributed by atoms with E-state index >= 15 is 0 Å². The van der Waals surface area contributed by atoms with Crippen LogP contribution >= 0.6 is 0 Å². The molecule has 1 aliphatic heterocycles. The highest BCUT2D eigenvalue weighted by Crippen LogP contribution is 2.50. The molecule has 2 aromatic heterocycles.